The van der Waals surface area contributed by atoms with Crippen molar-refractivity contribution in [2.45, 2.75) is 25.8 Å². The van der Waals surface area contributed by atoms with Crippen LogP contribution >= 0.6 is 0 Å². The van der Waals surface area contributed by atoms with Crippen LogP contribution in [0.15, 0.2) is 18.5 Å². The Hall–Kier alpha value is -1.69. The zero-order valence-corrected chi connectivity index (χ0v) is 12.5. The molecule has 3 heterocycles. The molecule has 0 saturated carbocycles. The van der Waals surface area contributed by atoms with Crippen molar-refractivity contribution in [1.29, 1.82) is 0 Å². The molecule has 21 heavy (non-hydrogen) atoms. The lowest BCUT2D eigenvalue weighted by Crippen LogP contribution is -2.50. The number of piperidine rings is 1. The number of hydrogen-bond donors (Lipinski definition) is 2. The Morgan fingerprint density at radius 2 is 2.19 bits per heavy atom. The summed E-state index contributed by atoms with van der Waals surface area (Å²) >= 11 is 0. The van der Waals surface area contributed by atoms with Crippen LogP contribution in [0, 0.1) is 11.8 Å². The van der Waals surface area contributed by atoms with Gasteiger partial charge in [0, 0.05) is 38.1 Å². The SMILES string of the molecule is CC1CNCC1C(=O)NC1CCCN(c2ncccn2)C1. The van der Waals surface area contributed by atoms with Crippen LogP contribution in [-0.4, -0.2) is 48.1 Å². The molecule has 114 valence electrons. The maximum atomic E-state index is 12.4. The average molecular weight is 289 g/mol. The van der Waals surface area contributed by atoms with E-state index in [1.54, 1.807) is 12.4 Å². The lowest BCUT2D eigenvalue weighted by molar-refractivity contribution is -0.126. The fourth-order valence-corrected chi connectivity index (χ4v) is 3.20. The topological polar surface area (TPSA) is 70.2 Å². The summed E-state index contributed by atoms with van der Waals surface area (Å²) in [6.07, 6.45) is 5.61. The lowest BCUT2D eigenvalue weighted by Gasteiger charge is -2.33. The highest BCUT2D eigenvalue weighted by Crippen LogP contribution is 2.19. The van der Waals surface area contributed by atoms with Crippen LogP contribution in [0.25, 0.3) is 0 Å². The Balaban J connectivity index is 1.57. The van der Waals surface area contributed by atoms with Gasteiger partial charge in [0.1, 0.15) is 0 Å². The number of nitrogens with one attached hydrogen (secondary N) is 2. The van der Waals surface area contributed by atoms with E-state index in [1.165, 1.54) is 0 Å². The molecule has 2 aliphatic rings. The first-order valence-electron chi connectivity index (χ1n) is 7.77. The lowest BCUT2D eigenvalue weighted by atomic mass is 9.96. The van der Waals surface area contributed by atoms with Crippen LogP contribution in [0.3, 0.4) is 0 Å². The van der Waals surface area contributed by atoms with Crippen molar-refractivity contribution in [3.8, 4) is 0 Å². The van der Waals surface area contributed by atoms with Crippen molar-refractivity contribution in [1.82, 2.24) is 20.6 Å². The maximum absolute atomic E-state index is 12.4. The largest absolute Gasteiger partial charge is 0.351 e. The normalized spacial score (nSPS) is 29.4. The summed E-state index contributed by atoms with van der Waals surface area (Å²) < 4.78 is 0. The summed E-state index contributed by atoms with van der Waals surface area (Å²) in [5, 5.41) is 6.50. The molecule has 2 fully saturated rings. The zero-order valence-electron chi connectivity index (χ0n) is 12.5. The second-order valence-corrected chi connectivity index (χ2v) is 6.08. The van der Waals surface area contributed by atoms with Gasteiger partial charge in [-0.2, -0.15) is 0 Å². The number of carbonyl (C=O) groups excluding carboxylic acids is 1. The van der Waals surface area contributed by atoms with Gasteiger partial charge in [-0.25, -0.2) is 9.97 Å². The molecular formula is C15H23N5O. The monoisotopic (exact) mass is 289 g/mol. The second-order valence-electron chi connectivity index (χ2n) is 6.08. The van der Waals surface area contributed by atoms with E-state index in [9.17, 15) is 4.79 Å². The third-order valence-electron chi connectivity index (χ3n) is 4.46. The first kappa shape index (κ1) is 14.3. The van der Waals surface area contributed by atoms with E-state index < -0.39 is 0 Å². The molecule has 0 bridgehead atoms. The highest BCUT2D eigenvalue weighted by Gasteiger charge is 2.31. The maximum Gasteiger partial charge on any atom is 0.225 e. The predicted octanol–water partition coefficient (Wildman–Crippen LogP) is 0.417. The van der Waals surface area contributed by atoms with Gasteiger partial charge < -0.3 is 15.5 Å². The van der Waals surface area contributed by atoms with Crippen molar-refractivity contribution in [2.75, 3.05) is 31.1 Å². The predicted molar refractivity (Wildman–Crippen MR) is 80.9 cm³/mol. The minimum Gasteiger partial charge on any atom is -0.351 e. The first-order valence-corrected chi connectivity index (χ1v) is 7.77. The summed E-state index contributed by atoms with van der Waals surface area (Å²) in [4.78, 5) is 23.1. The van der Waals surface area contributed by atoms with Crippen LogP contribution < -0.4 is 15.5 Å². The number of nitrogens with zero attached hydrogens (tertiary/aromatic N) is 3. The van der Waals surface area contributed by atoms with Gasteiger partial charge in [0.2, 0.25) is 11.9 Å². The molecule has 6 heteroatoms. The van der Waals surface area contributed by atoms with Gasteiger partial charge in [-0.1, -0.05) is 6.92 Å². The molecule has 2 aliphatic heterocycles. The van der Waals surface area contributed by atoms with Gasteiger partial charge >= 0.3 is 0 Å². The van der Waals surface area contributed by atoms with Crippen LogP contribution in [0.5, 0.6) is 0 Å². The molecule has 1 aromatic heterocycles. The molecule has 3 rings (SSSR count). The molecule has 2 N–H and O–H groups in total. The highest BCUT2D eigenvalue weighted by atomic mass is 16.2. The van der Waals surface area contributed by atoms with Gasteiger partial charge in [-0.15, -0.1) is 0 Å². The Kier molecular flexibility index (Phi) is 4.34. The second kappa shape index (κ2) is 6.39. The summed E-state index contributed by atoms with van der Waals surface area (Å²) in [6, 6.07) is 2.02. The smallest absolute Gasteiger partial charge is 0.225 e. The van der Waals surface area contributed by atoms with E-state index in [2.05, 4.69) is 32.4 Å². The average Bonchev–Trinajstić information content (AvgIpc) is 2.95. The van der Waals surface area contributed by atoms with E-state index in [-0.39, 0.29) is 17.9 Å². The van der Waals surface area contributed by atoms with Gasteiger partial charge in [0.05, 0.1) is 5.92 Å². The van der Waals surface area contributed by atoms with Gasteiger partial charge in [0.25, 0.3) is 0 Å². The number of amides is 1. The van der Waals surface area contributed by atoms with Crippen molar-refractivity contribution < 1.29 is 4.79 Å². The minimum atomic E-state index is 0.105. The number of aromatic nitrogens is 2. The van der Waals surface area contributed by atoms with Crippen LogP contribution in [0.2, 0.25) is 0 Å². The van der Waals surface area contributed by atoms with Gasteiger partial charge in [-0.05, 0) is 31.4 Å². The third-order valence-corrected chi connectivity index (χ3v) is 4.46. The van der Waals surface area contributed by atoms with Crippen LogP contribution in [0.4, 0.5) is 5.95 Å². The molecule has 0 aliphatic carbocycles. The van der Waals surface area contributed by atoms with Gasteiger partial charge in [0.15, 0.2) is 0 Å². The van der Waals surface area contributed by atoms with Crippen molar-refractivity contribution in [2.24, 2.45) is 11.8 Å². The van der Waals surface area contributed by atoms with Gasteiger partial charge in [-0.3, -0.25) is 4.79 Å². The Morgan fingerprint density at radius 1 is 1.38 bits per heavy atom. The Morgan fingerprint density at radius 3 is 2.90 bits per heavy atom. The number of anilines is 1. The summed E-state index contributed by atoms with van der Waals surface area (Å²) in [6.45, 7) is 5.62. The first-order chi connectivity index (χ1) is 10.2. The zero-order chi connectivity index (χ0) is 14.7. The van der Waals surface area contributed by atoms with Crippen molar-refractivity contribution in [3.05, 3.63) is 18.5 Å². The molecular weight excluding hydrogens is 266 g/mol. The highest BCUT2D eigenvalue weighted by molar-refractivity contribution is 5.80. The van der Waals surface area contributed by atoms with Crippen molar-refractivity contribution >= 4 is 11.9 Å². The molecule has 0 radical (unpaired) electrons. The number of hydrogen-bond acceptors (Lipinski definition) is 5. The molecule has 3 atom stereocenters. The molecule has 1 amide bonds. The molecule has 0 aromatic carbocycles. The summed E-state index contributed by atoms with van der Waals surface area (Å²) in [5.41, 5.74) is 0. The van der Waals surface area contributed by atoms with E-state index in [1.807, 2.05) is 6.07 Å². The molecule has 1 aromatic rings. The molecule has 0 spiro atoms. The van der Waals surface area contributed by atoms with Crippen molar-refractivity contribution in [3.63, 3.8) is 0 Å². The molecule has 2 saturated heterocycles. The fourth-order valence-electron chi connectivity index (χ4n) is 3.20. The van der Waals surface area contributed by atoms with Crippen LogP contribution in [0.1, 0.15) is 19.8 Å². The molecule has 3 unspecified atom stereocenters. The quantitative estimate of drug-likeness (QED) is 0.844. The Labute approximate surface area is 125 Å². The number of carbonyl (C=O) groups is 1. The van der Waals surface area contributed by atoms with E-state index in [0.717, 1.165) is 45.0 Å². The van der Waals surface area contributed by atoms with Crippen LogP contribution in [-0.2, 0) is 4.79 Å². The minimum absolute atomic E-state index is 0.105. The standard InChI is InChI=1S/C15H23N5O/c1-11-8-16-9-13(11)14(21)19-12-4-2-7-20(10-12)15-17-5-3-6-18-15/h3,5-6,11-13,16H,2,4,7-10H2,1H3,(H,19,21). The molecule has 6 nitrogen and oxygen atoms in total. The van der Waals surface area contributed by atoms with E-state index in [0.29, 0.717) is 5.92 Å². The Bertz CT molecular complexity index is 480. The van der Waals surface area contributed by atoms with E-state index >= 15 is 0 Å². The fraction of sp³-hybridized carbons (Fsp3) is 0.667. The third kappa shape index (κ3) is 3.32. The summed E-state index contributed by atoms with van der Waals surface area (Å²) in [5.74, 6) is 1.47. The number of rotatable bonds is 3. The van der Waals surface area contributed by atoms with E-state index in [4.69, 9.17) is 0 Å². The summed E-state index contributed by atoms with van der Waals surface area (Å²) in [7, 11) is 0.